The normalized spacial score (nSPS) is 19.0. The second-order valence-corrected chi connectivity index (χ2v) is 7.87. The molecule has 4 rings (SSSR count). The molecule has 1 aliphatic heterocycles. The van der Waals surface area contributed by atoms with Gasteiger partial charge in [0, 0.05) is 43.7 Å². The molecule has 0 atom stereocenters. The molecule has 2 heterocycles. The van der Waals surface area contributed by atoms with Crippen LogP contribution in [0.5, 0.6) is 11.5 Å². The predicted molar refractivity (Wildman–Crippen MR) is 113 cm³/mol. The highest BCUT2D eigenvalue weighted by Crippen LogP contribution is 2.36. The van der Waals surface area contributed by atoms with Crippen molar-refractivity contribution in [1.82, 2.24) is 14.9 Å². The molecule has 152 valence electrons. The van der Waals surface area contributed by atoms with Crippen molar-refractivity contribution < 1.29 is 9.47 Å². The van der Waals surface area contributed by atoms with Gasteiger partial charge in [-0.25, -0.2) is 4.98 Å². The summed E-state index contributed by atoms with van der Waals surface area (Å²) >= 11 is 0. The van der Waals surface area contributed by atoms with E-state index in [1.54, 1.807) is 14.2 Å². The second kappa shape index (κ2) is 8.39. The van der Waals surface area contributed by atoms with Crippen LogP contribution in [0.1, 0.15) is 32.1 Å². The third kappa shape index (κ3) is 3.94. The molecule has 0 unspecified atom stereocenters. The molecule has 1 saturated carbocycles. The third-order valence-electron chi connectivity index (χ3n) is 5.92. The quantitative estimate of drug-likeness (QED) is 0.848. The standard InChI is InChI=1S/C21H31N5O2/c1-25-9-11-26(12-10-25)21-23-17-14-19(28-3)18(27-2)13-16(17)20(24-21)22-15-7-5-4-6-8-15/h13-15H,4-12H2,1-3H3,(H,22,23,24). The number of hydrogen-bond acceptors (Lipinski definition) is 7. The van der Waals surface area contributed by atoms with E-state index < -0.39 is 0 Å². The Hall–Kier alpha value is -2.28. The van der Waals surface area contributed by atoms with Crippen LogP contribution in [0.15, 0.2) is 12.1 Å². The number of hydrogen-bond donors (Lipinski definition) is 1. The van der Waals surface area contributed by atoms with Crippen molar-refractivity contribution >= 4 is 22.7 Å². The molecule has 7 nitrogen and oxygen atoms in total. The summed E-state index contributed by atoms with van der Waals surface area (Å²) < 4.78 is 11.0. The summed E-state index contributed by atoms with van der Waals surface area (Å²) in [6.07, 6.45) is 6.29. The van der Waals surface area contributed by atoms with Gasteiger partial charge in [-0.1, -0.05) is 19.3 Å². The monoisotopic (exact) mass is 385 g/mol. The molecule has 0 amide bonds. The maximum absolute atomic E-state index is 5.52. The van der Waals surface area contributed by atoms with E-state index in [4.69, 9.17) is 19.4 Å². The fraction of sp³-hybridized carbons (Fsp3) is 0.619. The lowest BCUT2D eigenvalue weighted by molar-refractivity contribution is 0.311. The number of likely N-dealkylation sites (N-methyl/N-ethyl adjacent to an activating group) is 1. The van der Waals surface area contributed by atoms with Crippen LogP contribution < -0.4 is 19.7 Å². The third-order valence-corrected chi connectivity index (χ3v) is 5.92. The molecular formula is C21H31N5O2. The number of benzene rings is 1. The maximum Gasteiger partial charge on any atom is 0.227 e. The number of methoxy groups -OCH3 is 2. The average molecular weight is 386 g/mol. The minimum atomic E-state index is 0.472. The summed E-state index contributed by atoms with van der Waals surface area (Å²) in [7, 11) is 5.48. The molecule has 1 aromatic carbocycles. The van der Waals surface area contributed by atoms with Gasteiger partial charge in [-0.3, -0.25) is 0 Å². The molecule has 7 heteroatoms. The lowest BCUT2D eigenvalue weighted by Gasteiger charge is -2.33. The first-order valence-corrected chi connectivity index (χ1v) is 10.3. The van der Waals surface area contributed by atoms with Crippen molar-refractivity contribution in [2.24, 2.45) is 0 Å². The number of nitrogens with one attached hydrogen (secondary N) is 1. The van der Waals surface area contributed by atoms with Crippen LogP contribution in [-0.4, -0.2) is 68.4 Å². The summed E-state index contributed by atoms with van der Waals surface area (Å²) in [4.78, 5) is 14.5. The van der Waals surface area contributed by atoms with Gasteiger partial charge in [0.25, 0.3) is 0 Å². The number of piperazine rings is 1. The molecule has 1 N–H and O–H groups in total. The minimum Gasteiger partial charge on any atom is -0.493 e. The van der Waals surface area contributed by atoms with Crippen LogP contribution in [0.2, 0.25) is 0 Å². The molecule has 2 aliphatic rings. The Kier molecular flexibility index (Phi) is 5.71. The number of nitrogens with zero attached hydrogens (tertiary/aromatic N) is 4. The van der Waals surface area contributed by atoms with Gasteiger partial charge in [0.1, 0.15) is 5.82 Å². The van der Waals surface area contributed by atoms with E-state index in [2.05, 4.69) is 22.2 Å². The van der Waals surface area contributed by atoms with Crippen molar-refractivity contribution in [3.63, 3.8) is 0 Å². The van der Waals surface area contributed by atoms with Gasteiger partial charge < -0.3 is 24.6 Å². The molecular weight excluding hydrogens is 354 g/mol. The van der Waals surface area contributed by atoms with Gasteiger partial charge >= 0.3 is 0 Å². The number of rotatable bonds is 5. The molecule has 0 radical (unpaired) electrons. The molecule has 1 aromatic heterocycles. The Morgan fingerprint density at radius 1 is 0.929 bits per heavy atom. The molecule has 2 aromatic rings. The van der Waals surface area contributed by atoms with Crippen LogP contribution in [0, 0.1) is 0 Å². The smallest absolute Gasteiger partial charge is 0.227 e. The molecule has 28 heavy (non-hydrogen) atoms. The van der Waals surface area contributed by atoms with Gasteiger partial charge in [0.05, 0.1) is 19.7 Å². The first-order valence-electron chi connectivity index (χ1n) is 10.3. The largest absolute Gasteiger partial charge is 0.493 e. The summed E-state index contributed by atoms with van der Waals surface area (Å²) in [5.41, 5.74) is 0.889. The first kappa shape index (κ1) is 19.1. The average Bonchev–Trinajstić information content (AvgIpc) is 2.74. The maximum atomic E-state index is 5.52. The van der Waals surface area contributed by atoms with Crippen molar-refractivity contribution in [3.8, 4) is 11.5 Å². The highest BCUT2D eigenvalue weighted by molar-refractivity contribution is 5.93. The van der Waals surface area contributed by atoms with Crippen molar-refractivity contribution in [3.05, 3.63) is 12.1 Å². The minimum absolute atomic E-state index is 0.472. The Labute approximate surface area is 167 Å². The zero-order chi connectivity index (χ0) is 19.5. The topological polar surface area (TPSA) is 62.8 Å². The predicted octanol–water partition coefficient (Wildman–Crippen LogP) is 3.14. The first-order chi connectivity index (χ1) is 13.7. The van der Waals surface area contributed by atoms with Crippen molar-refractivity contribution in [2.45, 2.75) is 38.1 Å². The van der Waals surface area contributed by atoms with Gasteiger partial charge in [-0.15, -0.1) is 0 Å². The van der Waals surface area contributed by atoms with E-state index in [-0.39, 0.29) is 0 Å². The number of aromatic nitrogens is 2. The van der Waals surface area contributed by atoms with E-state index in [0.717, 1.165) is 48.8 Å². The Bertz CT molecular complexity index is 814. The van der Waals surface area contributed by atoms with E-state index in [0.29, 0.717) is 17.5 Å². The van der Waals surface area contributed by atoms with Gasteiger partial charge in [-0.05, 0) is 26.0 Å². The van der Waals surface area contributed by atoms with E-state index in [1.807, 2.05) is 12.1 Å². The number of ether oxygens (including phenoxy) is 2. The molecule has 0 bridgehead atoms. The Balaban J connectivity index is 1.75. The lowest BCUT2D eigenvalue weighted by atomic mass is 9.95. The van der Waals surface area contributed by atoms with Crippen LogP contribution >= 0.6 is 0 Å². The Morgan fingerprint density at radius 2 is 1.61 bits per heavy atom. The van der Waals surface area contributed by atoms with Crippen LogP contribution in [-0.2, 0) is 0 Å². The highest BCUT2D eigenvalue weighted by atomic mass is 16.5. The second-order valence-electron chi connectivity index (χ2n) is 7.87. The summed E-state index contributed by atoms with van der Waals surface area (Å²) in [6.45, 7) is 3.94. The summed E-state index contributed by atoms with van der Waals surface area (Å²) in [5, 5.41) is 4.70. The lowest BCUT2D eigenvalue weighted by Crippen LogP contribution is -2.45. The molecule has 1 saturated heterocycles. The van der Waals surface area contributed by atoms with Gasteiger partial charge in [0.15, 0.2) is 11.5 Å². The van der Waals surface area contributed by atoms with Crippen molar-refractivity contribution in [1.29, 1.82) is 0 Å². The summed E-state index contributed by atoms with van der Waals surface area (Å²) in [6, 6.07) is 4.43. The van der Waals surface area contributed by atoms with E-state index in [9.17, 15) is 0 Å². The fourth-order valence-corrected chi connectivity index (χ4v) is 4.14. The van der Waals surface area contributed by atoms with Crippen LogP contribution in [0.4, 0.5) is 11.8 Å². The summed E-state index contributed by atoms with van der Waals surface area (Å²) in [5.74, 6) is 3.11. The van der Waals surface area contributed by atoms with Gasteiger partial charge in [-0.2, -0.15) is 4.98 Å². The fourth-order valence-electron chi connectivity index (χ4n) is 4.14. The van der Waals surface area contributed by atoms with Crippen LogP contribution in [0.3, 0.4) is 0 Å². The molecule has 0 spiro atoms. The van der Waals surface area contributed by atoms with Crippen molar-refractivity contribution in [2.75, 3.05) is 57.7 Å². The molecule has 2 fully saturated rings. The Morgan fingerprint density at radius 3 is 2.29 bits per heavy atom. The van der Waals surface area contributed by atoms with Gasteiger partial charge in [0.2, 0.25) is 5.95 Å². The number of fused-ring (bicyclic) bond motifs is 1. The van der Waals surface area contributed by atoms with E-state index >= 15 is 0 Å². The highest BCUT2D eigenvalue weighted by Gasteiger charge is 2.22. The number of anilines is 2. The van der Waals surface area contributed by atoms with E-state index in [1.165, 1.54) is 32.1 Å². The zero-order valence-electron chi connectivity index (χ0n) is 17.2. The molecule has 1 aliphatic carbocycles. The SMILES string of the molecule is COc1cc2nc(N3CCN(C)CC3)nc(NC3CCCCC3)c2cc1OC. The zero-order valence-corrected chi connectivity index (χ0v) is 17.2. The van der Waals surface area contributed by atoms with Crippen LogP contribution in [0.25, 0.3) is 10.9 Å².